The molecular weight excluding hydrogens is 236 g/mol. The van der Waals surface area contributed by atoms with E-state index in [1.807, 2.05) is 7.05 Å². The lowest BCUT2D eigenvalue weighted by Gasteiger charge is -2.24. The summed E-state index contributed by atoms with van der Waals surface area (Å²) in [5.41, 5.74) is 3.01. The molecule has 0 aromatic heterocycles. The number of benzene rings is 1. The molecule has 0 spiro atoms. The van der Waals surface area contributed by atoms with Crippen molar-refractivity contribution in [2.75, 3.05) is 33.8 Å². The van der Waals surface area contributed by atoms with Crippen LogP contribution in [0, 0.1) is 12.3 Å². The van der Waals surface area contributed by atoms with Gasteiger partial charge in [-0.2, -0.15) is 0 Å². The van der Waals surface area contributed by atoms with Gasteiger partial charge >= 0.3 is 0 Å². The molecule has 0 aliphatic carbocycles. The summed E-state index contributed by atoms with van der Waals surface area (Å²) in [4.78, 5) is 2.54. The minimum absolute atomic E-state index is 0.409. The van der Waals surface area contributed by atoms with Crippen LogP contribution >= 0.6 is 0 Å². The van der Waals surface area contributed by atoms with Crippen LogP contribution in [-0.2, 0) is 6.54 Å². The minimum atomic E-state index is 0.409. The molecule has 0 bridgehead atoms. The smallest absolute Gasteiger partial charge is 0.123 e. The maximum atomic E-state index is 5.47. The summed E-state index contributed by atoms with van der Waals surface area (Å²) in [6.45, 7) is 8.92. The first-order valence-corrected chi connectivity index (χ1v) is 7.07. The van der Waals surface area contributed by atoms with Gasteiger partial charge in [0.2, 0.25) is 0 Å². The molecule has 1 fully saturated rings. The topological polar surface area (TPSA) is 24.5 Å². The highest BCUT2D eigenvalue weighted by Crippen LogP contribution is 2.31. The third-order valence-electron chi connectivity index (χ3n) is 4.07. The van der Waals surface area contributed by atoms with Crippen molar-refractivity contribution in [2.45, 2.75) is 26.8 Å². The predicted octanol–water partition coefficient (Wildman–Crippen LogP) is 2.44. The minimum Gasteiger partial charge on any atom is -0.496 e. The van der Waals surface area contributed by atoms with Gasteiger partial charge in [0.15, 0.2) is 0 Å². The third kappa shape index (κ3) is 3.48. The number of hydrogen-bond donors (Lipinski definition) is 1. The summed E-state index contributed by atoms with van der Waals surface area (Å²) in [5.74, 6) is 1.01. The molecular formula is C16H26N2O. The summed E-state index contributed by atoms with van der Waals surface area (Å²) in [7, 11) is 3.79. The van der Waals surface area contributed by atoms with Gasteiger partial charge in [-0.05, 0) is 38.4 Å². The third-order valence-corrected chi connectivity index (χ3v) is 4.07. The Labute approximate surface area is 116 Å². The van der Waals surface area contributed by atoms with Crippen LogP contribution in [0.5, 0.6) is 5.75 Å². The summed E-state index contributed by atoms with van der Waals surface area (Å²) in [6, 6.07) is 6.43. The van der Waals surface area contributed by atoms with Crippen molar-refractivity contribution in [3.8, 4) is 5.75 Å². The van der Waals surface area contributed by atoms with Gasteiger partial charge in [-0.15, -0.1) is 0 Å². The predicted molar refractivity (Wildman–Crippen MR) is 79.7 cm³/mol. The number of nitrogens with one attached hydrogen (secondary N) is 1. The number of nitrogens with zero attached hydrogens (tertiary/aromatic N) is 1. The van der Waals surface area contributed by atoms with Crippen LogP contribution in [0.3, 0.4) is 0 Å². The molecule has 0 saturated carbocycles. The SMILES string of the molecule is CNCC1(C)CCN(Cc2cc(C)ccc2OC)C1. The molecule has 1 unspecified atom stereocenters. The van der Waals surface area contributed by atoms with Crippen molar-refractivity contribution in [2.24, 2.45) is 5.41 Å². The molecule has 1 atom stereocenters. The van der Waals surface area contributed by atoms with Gasteiger partial charge in [0, 0.05) is 25.2 Å². The molecule has 1 aliphatic heterocycles. The second kappa shape index (κ2) is 5.93. The molecule has 1 saturated heterocycles. The first-order valence-electron chi connectivity index (χ1n) is 7.07. The van der Waals surface area contributed by atoms with E-state index in [9.17, 15) is 0 Å². The zero-order valence-corrected chi connectivity index (χ0v) is 12.6. The molecule has 1 heterocycles. The van der Waals surface area contributed by atoms with E-state index in [4.69, 9.17) is 4.74 Å². The monoisotopic (exact) mass is 262 g/mol. The lowest BCUT2D eigenvalue weighted by Crippen LogP contribution is -2.32. The average Bonchev–Trinajstić information content (AvgIpc) is 2.71. The highest BCUT2D eigenvalue weighted by atomic mass is 16.5. The van der Waals surface area contributed by atoms with Crippen LogP contribution < -0.4 is 10.1 Å². The van der Waals surface area contributed by atoms with Gasteiger partial charge in [-0.3, -0.25) is 4.90 Å². The van der Waals surface area contributed by atoms with Crippen molar-refractivity contribution in [1.82, 2.24) is 10.2 Å². The van der Waals surface area contributed by atoms with Gasteiger partial charge in [-0.25, -0.2) is 0 Å². The fraction of sp³-hybridized carbons (Fsp3) is 0.625. The maximum Gasteiger partial charge on any atom is 0.123 e. The molecule has 1 aromatic carbocycles. The zero-order valence-electron chi connectivity index (χ0n) is 12.6. The van der Waals surface area contributed by atoms with Gasteiger partial charge in [0.05, 0.1) is 7.11 Å². The fourth-order valence-corrected chi connectivity index (χ4v) is 3.10. The number of ether oxygens (including phenoxy) is 1. The van der Waals surface area contributed by atoms with Gasteiger partial charge < -0.3 is 10.1 Å². The van der Waals surface area contributed by atoms with Crippen LogP contribution in [0.25, 0.3) is 0 Å². The Balaban J connectivity index is 2.04. The van der Waals surface area contributed by atoms with E-state index in [-0.39, 0.29) is 0 Å². The highest BCUT2D eigenvalue weighted by Gasteiger charge is 2.33. The lowest BCUT2D eigenvalue weighted by atomic mass is 9.90. The van der Waals surface area contributed by atoms with E-state index in [1.54, 1.807) is 7.11 Å². The van der Waals surface area contributed by atoms with Gasteiger partial charge in [-0.1, -0.05) is 24.6 Å². The molecule has 1 N–H and O–H groups in total. The van der Waals surface area contributed by atoms with Gasteiger partial charge in [0.25, 0.3) is 0 Å². The summed E-state index contributed by atoms with van der Waals surface area (Å²) >= 11 is 0. The Hall–Kier alpha value is -1.06. The van der Waals surface area contributed by atoms with Crippen molar-refractivity contribution >= 4 is 0 Å². The zero-order chi connectivity index (χ0) is 13.9. The van der Waals surface area contributed by atoms with Gasteiger partial charge in [0.1, 0.15) is 5.75 Å². The Kier molecular flexibility index (Phi) is 4.48. The molecule has 0 radical (unpaired) electrons. The molecule has 19 heavy (non-hydrogen) atoms. The van der Waals surface area contributed by atoms with Crippen molar-refractivity contribution < 1.29 is 4.74 Å². The number of methoxy groups -OCH3 is 1. The van der Waals surface area contributed by atoms with E-state index < -0.39 is 0 Å². The highest BCUT2D eigenvalue weighted by molar-refractivity contribution is 5.36. The first-order chi connectivity index (χ1) is 9.06. The number of hydrogen-bond acceptors (Lipinski definition) is 3. The Bertz CT molecular complexity index is 433. The van der Waals surface area contributed by atoms with Crippen LogP contribution in [0.4, 0.5) is 0 Å². The normalized spacial score (nSPS) is 23.8. The summed E-state index contributed by atoms with van der Waals surface area (Å²) < 4.78 is 5.47. The number of rotatable bonds is 5. The van der Waals surface area contributed by atoms with E-state index in [2.05, 4.69) is 42.3 Å². The summed E-state index contributed by atoms with van der Waals surface area (Å²) in [5, 5.41) is 3.31. The molecule has 1 aliphatic rings. The Morgan fingerprint density at radius 1 is 1.42 bits per heavy atom. The fourth-order valence-electron chi connectivity index (χ4n) is 3.10. The molecule has 0 amide bonds. The number of aryl methyl sites for hydroxylation is 1. The standard InChI is InChI=1S/C16H26N2O/c1-13-5-6-15(19-4)14(9-13)10-18-8-7-16(2,12-18)11-17-3/h5-6,9,17H,7-8,10-12H2,1-4H3. The summed E-state index contributed by atoms with van der Waals surface area (Å²) in [6.07, 6.45) is 1.27. The largest absolute Gasteiger partial charge is 0.496 e. The Morgan fingerprint density at radius 2 is 2.21 bits per heavy atom. The maximum absolute atomic E-state index is 5.47. The van der Waals surface area contributed by atoms with E-state index in [1.165, 1.54) is 24.1 Å². The van der Waals surface area contributed by atoms with Crippen LogP contribution in [-0.4, -0.2) is 38.7 Å². The first kappa shape index (κ1) is 14.4. The lowest BCUT2D eigenvalue weighted by molar-refractivity contribution is 0.262. The van der Waals surface area contributed by atoms with E-state index in [0.717, 1.165) is 25.4 Å². The van der Waals surface area contributed by atoms with Crippen LogP contribution in [0.2, 0.25) is 0 Å². The molecule has 3 nitrogen and oxygen atoms in total. The Morgan fingerprint density at radius 3 is 2.89 bits per heavy atom. The van der Waals surface area contributed by atoms with Crippen LogP contribution in [0.15, 0.2) is 18.2 Å². The van der Waals surface area contributed by atoms with E-state index in [0.29, 0.717) is 5.41 Å². The van der Waals surface area contributed by atoms with E-state index >= 15 is 0 Å². The molecule has 1 aromatic rings. The number of likely N-dealkylation sites (tertiary alicyclic amines) is 1. The van der Waals surface area contributed by atoms with Crippen LogP contribution in [0.1, 0.15) is 24.5 Å². The van der Waals surface area contributed by atoms with Crippen molar-refractivity contribution in [3.05, 3.63) is 29.3 Å². The molecule has 2 rings (SSSR count). The molecule has 106 valence electrons. The average molecular weight is 262 g/mol. The van der Waals surface area contributed by atoms with Crippen molar-refractivity contribution in [1.29, 1.82) is 0 Å². The second-order valence-electron chi connectivity index (χ2n) is 6.12. The van der Waals surface area contributed by atoms with Crippen molar-refractivity contribution in [3.63, 3.8) is 0 Å². The molecule has 3 heteroatoms. The quantitative estimate of drug-likeness (QED) is 0.882. The second-order valence-corrected chi connectivity index (χ2v) is 6.12.